The Hall–Kier alpha value is -3.94. The summed E-state index contributed by atoms with van der Waals surface area (Å²) < 4.78 is 6.56. The maximum atomic E-state index is 11.6. The molecular weight excluding hydrogens is 494 g/mol. The summed E-state index contributed by atoms with van der Waals surface area (Å²) in [5, 5.41) is 15.2. The number of thiophene rings is 1. The lowest BCUT2D eigenvalue weighted by Crippen LogP contribution is -2.36. The monoisotopic (exact) mass is 521 g/mol. The number of hydrogen-bond acceptors (Lipinski definition) is 12. The average Bonchev–Trinajstić information content (AvgIpc) is 3.38. The molecular formula is C24H27N9O3S. The van der Waals surface area contributed by atoms with Gasteiger partial charge in [0.05, 0.1) is 34.5 Å². The largest absolute Gasteiger partial charge is 0.378 e. The van der Waals surface area contributed by atoms with E-state index < -0.39 is 11.4 Å². The van der Waals surface area contributed by atoms with Crippen LogP contribution in [0.15, 0.2) is 36.8 Å². The number of hydrogen-bond donors (Lipinski definition) is 4. The van der Waals surface area contributed by atoms with E-state index in [0.717, 1.165) is 45.4 Å². The maximum absolute atomic E-state index is 11.6. The lowest BCUT2D eigenvalue weighted by atomic mass is 10.0. The highest BCUT2D eigenvalue weighted by atomic mass is 32.1. The molecule has 5 heterocycles. The van der Waals surface area contributed by atoms with Crippen LogP contribution in [0.4, 0.5) is 17.6 Å². The lowest BCUT2D eigenvalue weighted by molar-refractivity contribution is 0.0705. The molecule has 0 radical (unpaired) electrons. The fourth-order valence-corrected chi connectivity index (χ4v) is 5.10. The van der Waals surface area contributed by atoms with E-state index in [-0.39, 0.29) is 5.56 Å². The van der Waals surface area contributed by atoms with Gasteiger partial charge in [-0.1, -0.05) is 0 Å². The van der Waals surface area contributed by atoms with Crippen molar-refractivity contribution in [2.75, 3.05) is 48.9 Å². The van der Waals surface area contributed by atoms with E-state index in [0.29, 0.717) is 25.0 Å². The third-order valence-corrected chi connectivity index (χ3v) is 7.44. The number of carbonyl (C=O) groups is 1. The molecule has 37 heavy (non-hydrogen) atoms. The van der Waals surface area contributed by atoms with E-state index in [9.17, 15) is 4.79 Å². The van der Waals surface area contributed by atoms with Crippen LogP contribution in [0.1, 0.15) is 29.1 Å². The number of pyridine rings is 1. The molecule has 0 atom stereocenters. The summed E-state index contributed by atoms with van der Waals surface area (Å²) in [7, 11) is 1.83. The van der Waals surface area contributed by atoms with Crippen molar-refractivity contribution in [3.05, 3.63) is 47.2 Å². The second kappa shape index (κ2) is 10.2. The topological polar surface area (TPSA) is 150 Å². The number of fused-ring (bicyclic) bond motifs is 1. The third-order valence-electron chi connectivity index (χ3n) is 6.00. The van der Waals surface area contributed by atoms with Gasteiger partial charge in [-0.3, -0.25) is 10.0 Å². The molecule has 4 aromatic heterocycles. The molecule has 1 aliphatic heterocycles. The number of morpholine rings is 1. The second-order valence-electron chi connectivity index (χ2n) is 8.96. The van der Waals surface area contributed by atoms with E-state index in [4.69, 9.17) is 19.9 Å². The molecule has 0 aliphatic carbocycles. The Morgan fingerprint density at radius 3 is 2.51 bits per heavy atom. The van der Waals surface area contributed by atoms with Crippen LogP contribution < -0.4 is 21.0 Å². The first-order valence-electron chi connectivity index (χ1n) is 11.7. The first-order valence-corrected chi connectivity index (χ1v) is 12.5. The number of amides is 1. The molecule has 0 aromatic carbocycles. The van der Waals surface area contributed by atoms with Crippen LogP contribution in [0.2, 0.25) is 0 Å². The molecule has 12 nitrogen and oxygen atoms in total. The highest BCUT2D eigenvalue weighted by Crippen LogP contribution is 2.39. The quantitative estimate of drug-likeness (QED) is 0.210. The van der Waals surface area contributed by atoms with E-state index >= 15 is 0 Å². The number of ether oxygens (including phenoxy) is 1. The van der Waals surface area contributed by atoms with Gasteiger partial charge in [0, 0.05) is 49.2 Å². The van der Waals surface area contributed by atoms with Crippen LogP contribution in [-0.4, -0.2) is 69.4 Å². The molecule has 192 valence electrons. The fourth-order valence-electron chi connectivity index (χ4n) is 3.93. The molecule has 4 aromatic rings. The van der Waals surface area contributed by atoms with Gasteiger partial charge < -0.3 is 20.3 Å². The van der Waals surface area contributed by atoms with Gasteiger partial charge >= 0.3 is 0 Å². The number of rotatable bonds is 7. The molecule has 0 unspecified atom stereocenters. The SMILES string of the molecule is CNc1ccc(-c2nc(N3CCOCC3)c3sc(C(C)(C)Nc4ncc(C(=O)NO)cn4)cc3n2)cn1. The second-order valence-corrected chi connectivity index (χ2v) is 10.0. The predicted octanol–water partition coefficient (Wildman–Crippen LogP) is 2.89. The summed E-state index contributed by atoms with van der Waals surface area (Å²) in [6, 6.07) is 5.92. The van der Waals surface area contributed by atoms with Crippen LogP contribution in [-0.2, 0) is 10.3 Å². The number of anilines is 3. The Labute approximate surface area is 217 Å². The van der Waals surface area contributed by atoms with Gasteiger partial charge in [-0.15, -0.1) is 11.3 Å². The van der Waals surface area contributed by atoms with Crippen LogP contribution in [0, 0.1) is 0 Å². The van der Waals surface area contributed by atoms with E-state index in [2.05, 4.69) is 36.6 Å². The molecule has 4 N–H and O–H groups in total. The number of carbonyl (C=O) groups excluding carboxylic acids is 1. The smallest absolute Gasteiger partial charge is 0.277 e. The van der Waals surface area contributed by atoms with E-state index in [1.54, 1.807) is 23.0 Å². The zero-order chi connectivity index (χ0) is 26.0. The first kappa shape index (κ1) is 24.7. The Balaban J connectivity index is 1.52. The van der Waals surface area contributed by atoms with Crippen LogP contribution >= 0.6 is 11.3 Å². The molecule has 5 rings (SSSR count). The Morgan fingerprint density at radius 1 is 1.11 bits per heavy atom. The van der Waals surface area contributed by atoms with Crippen molar-refractivity contribution < 1.29 is 14.7 Å². The number of aromatic nitrogens is 5. The molecule has 0 saturated carbocycles. The van der Waals surface area contributed by atoms with Crippen LogP contribution in [0.3, 0.4) is 0 Å². The van der Waals surface area contributed by atoms with Gasteiger partial charge in [0.15, 0.2) is 11.6 Å². The van der Waals surface area contributed by atoms with Gasteiger partial charge in [-0.2, -0.15) is 0 Å². The molecule has 13 heteroatoms. The molecule has 1 saturated heterocycles. The molecule has 0 spiro atoms. The van der Waals surface area contributed by atoms with Gasteiger partial charge in [0.1, 0.15) is 5.82 Å². The third kappa shape index (κ3) is 5.14. The summed E-state index contributed by atoms with van der Waals surface area (Å²) >= 11 is 1.62. The van der Waals surface area contributed by atoms with Crippen LogP contribution in [0.5, 0.6) is 0 Å². The Morgan fingerprint density at radius 2 is 1.86 bits per heavy atom. The lowest BCUT2D eigenvalue weighted by Gasteiger charge is -2.28. The highest BCUT2D eigenvalue weighted by molar-refractivity contribution is 7.19. The van der Waals surface area contributed by atoms with E-state index in [1.807, 2.05) is 33.0 Å². The van der Waals surface area contributed by atoms with Gasteiger partial charge in [-0.05, 0) is 32.0 Å². The molecule has 1 amide bonds. The highest BCUT2D eigenvalue weighted by Gasteiger charge is 2.27. The van der Waals surface area contributed by atoms with Crippen molar-refractivity contribution in [3.63, 3.8) is 0 Å². The zero-order valence-electron chi connectivity index (χ0n) is 20.6. The summed E-state index contributed by atoms with van der Waals surface area (Å²) in [4.78, 5) is 37.5. The maximum Gasteiger partial charge on any atom is 0.277 e. The van der Waals surface area contributed by atoms with Crippen LogP contribution in [0.25, 0.3) is 21.6 Å². The van der Waals surface area contributed by atoms with Gasteiger partial charge in [0.25, 0.3) is 5.91 Å². The van der Waals surface area contributed by atoms with Crippen molar-refractivity contribution in [2.45, 2.75) is 19.4 Å². The number of hydroxylamine groups is 1. The average molecular weight is 522 g/mol. The minimum Gasteiger partial charge on any atom is -0.378 e. The minimum atomic E-state index is -0.670. The standard InChI is InChI=1S/C24H27N9O3S/c1-24(2,31-23-27-12-15(13-28-23)22(34)32-35)17-10-16-19(37-17)21(33-6-8-36-9-7-33)30-20(29-16)14-4-5-18(25-3)26-11-14/h4-5,10-13,35H,6-9H2,1-3H3,(H,25,26)(H,32,34)(H,27,28,31). The van der Waals surface area contributed by atoms with Crippen molar-refractivity contribution >= 4 is 45.0 Å². The molecule has 0 bridgehead atoms. The van der Waals surface area contributed by atoms with Gasteiger partial charge in [0.2, 0.25) is 5.95 Å². The summed E-state index contributed by atoms with van der Waals surface area (Å²) in [6.07, 6.45) is 4.47. The number of nitrogens with one attached hydrogen (secondary N) is 3. The van der Waals surface area contributed by atoms with Crippen molar-refractivity contribution in [1.29, 1.82) is 0 Å². The number of nitrogens with zero attached hydrogens (tertiary/aromatic N) is 6. The van der Waals surface area contributed by atoms with E-state index in [1.165, 1.54) is 12.4 Å². The molecule has 1 fully saturated rings. The summed E-state index contributed by atoms with van der Waals surface area (Å²) in [5.74, 6) is 1.95. The summed E-state index contributed by atoms with van der Waals surface area (Å²) in [5.41, 5.74) is 2.86. The first-order chi connectivity index (χ1) is 17.9. The van der Waals surface area contributed by atoms with Gasteiger partial charge in [-0.25, -0.2) is 30.4 Å². The minimum absolute atomic E-state index is 0.155. The molecule has 1 aliphatic rings. The normalized spacial score (nSPS) is 14.0. The summed E-state index contributed by atoms with van der Waals surface area (Å²) in [6.45, 7) is 6.84. The Kier molecular flexibility index (Phi) is 6.82. The predicted molar refractivity (Wildman–Crippen MR) is 141 cm³/mol. The van der Waals surface area contributed by atoms with Crippen molar-refractivity contribution in [1.82, 2.24) is 30.4 Å². The fraction of sp³-hybridized carbons (Fsp3) is 0.333. The zero-order valence-corrected chi connectivity index (χ0v) is 21.5. The Bertz CT molecular complexity index is 1400. The van der Waals surface area contributed by atoms with Crippen molar-refractivity contribution in [2.24, 2.45) is 0 Å². The van der Waals surface area contributed by atoms with Crippen molar-refractivity contribution in [3.8, 4) is 11.4 Å².